The average Bonchev–Trinajstić information content (AvgIpc) is 2.94. The molecule has 0 radical (unpaired) electrons. The summed E-state index contributed by atoms with van der Waals surface area (Å²) in [7, 11) is 3.22. The third-order valence-electron chi connectivity index (χ3n) is 3.63. The number of nitrogens with zero attached hydrogens (tertiary/aromatic N) is 2. The molecule has 26 heavy (non-hydrogen) atoms. The number of benzene rings is 2. The van der Waals surface area contributed by atoms with Crippen LogP contribution in [-0.4, -0.2) is 35.7 Å². The second kappa shape index (κ2) is 8.16. The predicted octanol–water partition coefficient (Wildman–Crippen LogP) is 3.94. The number of thiocarbonyl (C=S) groups is 1. The van der Waals surface area contributed by atoms with Crippen LogP contribution in [0.4, 0.5) is 0 Å². The van der Waals surface area contributed by atoms with Gasteiger partial charge in [-0.25, -0.2) is 0 Å². The molecule has 0 atom stereocenters. The number of ether oxygens (including phenoxy) is 2. The summed E-state index contributed by atoms with van der Waals surface area (Å²) in [5.41, 5.74) is 1.74. The number of thioether (sulfide) groups is 1. The number of carbonyl (C=O) groups is 1. The molecular formula is C19H16N2O3S2. The molecule has 0 aliphatic carbocycles. The summed E-state index contributed by atoms with van der Waals surface area (Å²) in [5, 5.41) is 5.46. The maximum absolute atomic E-state index is 12.6. The third kappa shape index (κ3) is 4.12. The summed E-state index contributed by atoms with van der Waals surface area (Å²) in [6.45, 7) is 0. The van der Waals surface area contributed by atoms with E-state index in [4.69, 9.17) is 21.7 Å². The molecule has 3 rings (SSSR count). The molecule has 0 bridgehead atoms. The van der Waals surface area contributed by atoms with Gasteiger partial charge in [0.05, 0.1) is 25.3 Å². The summed E-state index contributed by atoms with van der Waals surface area (Å²) < 4.78 is 10.7. The van der Waals surface area contributed by atoms with Crippen molar-refractivity contribution in [2.75, 3.05) is 14.2 Å². The van der Waals surface area contributed by atoms with Gasteiger partial charge in [-0.15, -0.1) is 0 Å². The molecule has 0 N–H and O–H groups in total. The highest BCUT2D eigenvalue weighted by molar-refractivity contribution is 8.26. The van der Waals surface area contributed by atoms with E-state index in [0.717, 1.165) is 22.6 Å². The van der Waals surface area contributed by atoms with Crippen molar-refractivity contribution in [1.82, 2.24) is 5.01 Å². The van der Waals surface area contributed by atoms with Crippen LogP contribution >= 0.6 is 24.0 Å². The summed E-state index contributed by atoms with van der Waals surface area (Å²) in [5.74, 6) is 1.29. The molecule has 132 valence electrons. The summed E-state index contributed by atoms with van der Waals surface area (Å²) in [6, 6.07) is 14.8. The molecule has 0 spiro atoms. The molecule has 1 fully saturated rings. The Labute approximate surface area is 161 Å². The maximum atomic E-state index is 12.6. The molecule has 2 aromatic carbocycles. The van der Waals surface area contributed by atoms with Gasteiger partial charge < -0.3 is 9.47 Å². The number of hydrazone groups is 1. The minimum Gasteiger partial charge on any atom is -0.497 e. The maximum Gasteiger partial charge on any atom is 0.286 e. The quantitative estimate of drug-likeness (QED) is 0.444. The number of hydrogen-bond donors (Lipinski definition) is 0. The topological polar surface area (TPSA) is 51.1 Å². The Balaban J connectivity index is 1.75. The van der Waals surface area contributed by atoms with Crippen LogP contribution in [0.15, 0.2) is 58.5 Å². The van der Waals surface area contributed by atoms with Crippen molar-refractivity contribution in [3.05, 3.63) is 64.6 Å². The predicted molar refractivity (Wildman–Crippen MR) is 109 cm³/mol. The van der Waals surface area contributed by atoms with Gasteiger partial charge in [-0.2, -0.15) is 10.1 Å². The SMILES string of the molecule is COc1ccc(/C=N/N2C(=O)/C(=C\c3ccc(OC)cc3)SC2=S)cc1. The van der Waals surface area contributed by atoms with Gasteiger partial charge in [0.25, 0.3) is 5.91 Å². The van der Waals surface area contributed by atoms with Crippen molar-refractivity contribution in [2.24, 2.45) is 5.10 Å². The molecule has 0 saturated carbocycles. The van der Waals surface area contributed by atoms with Gasteiger partial charge in [0.1, 0.15) is 11.5 Å². The lowest BCUT2D eigenvalue weighted by atomic mass is 10.2. The molecule has 5 nitrogen and oxygen atoms in total. The Hall–Kier alpha value is -2.64. The first-order valence-corrected chi connectivity index (χ1v) is 8.93. The fourth-order valence-electron chi connectivity index (χ4n) is 2.22. The number of methoxy groups -OCH3 is 2. The van der Waals surface area contributed by atoms with E-state index < -0.39 is 0 Å². The highest BCUT2D eigenvalue weighted by Gasteiger charge is 2.31. The minimum absolute atomic E-state index is 0.236. The summed E-state index contributed by atoms with van der Waals surface area (Å²) in [6.07, 6.45) is 3.39. The van der Waals surface area contributed by atoms with E-state index in [1.807, 2.05) is 48.5 Å². The number of amides is 1. The second-order valence-corrected chi connectivity index (χ2v) is 6.96. The van der Waals surface area contributed by atoms with Crippen LogP contribution in [0.2, 0.25) is 0 Å². The lowest BCUT2D eigenvalue weighted by molar-refractivity contribution is -0.122. The molecule has 0 unspecified atom stereocenters. The van der Waals surface area contributed by atoms with Crippen molar-refractivity contribution >= 4 is 46.5 Å². The Morgan fingerprint density at radius 2 is 1.50 bits per heavy atom. The fourth-order valence-corrected chi connectivity index (χ4v) is 3.40. The average molecular weight is 384 g/mol. The van der Waals surface area contributed by atoms with Crippen molar-refractivity contribution in [3.8, 4) is 11.5 Å². The zero-order valence-corrected chi connectivity index (χ0v) is 15.8. The molecule has 1 heterocycles. The minimum atomic E-state index is -0.236. The lowest BCUT2D eigenvalue weighted by Gasteiger charge is -2.06. The van der Waals surface area contributed by atoms with Gasteiger partial charge in [0.2, 0.25) is 0 Å². The molecule has 0 aromatic heterocycles. The van der Waals surface area contributed by atoms with E-state index in [0.29, 0.717) is 9.23 Å². The molecule has 1 saturated heterocycles. The summed E-state index contributed by atoms with van der Waals surface area (Å²) >= 11 is 6.51. The van der Waals surface area contributed by atoms with E-state index in [1.54, 1.807) is 26.5 Å². The highest BCUT2D eigenvalue weighted by Crippen LogP contribution is 2.33. The van der Waals surface area contributed by atoms with E-state index in [1.165, 1.54) is 16.8 Å². The molecule has 1 aliphatic rings. The van der Waals surface area contributed by atoms with Gasteiger partial charge >= 0.3 is 0 Å². The zero-order chi connectivity index (χ0) is 18.5. The molecule has 2 aromatic rings. The first-order valence-electron chi connectivity index (χ1n) is 7.71. The van der Waals surface area contributed by atoms with Crippen LogP contribution in [0.1, 0.15) is 11.1 Å². The molecular weight excluding hydrogens is 368 g/mol. The number of hydrogen-bond acceptors (Lipinski definition) is 6. The standard InChI is InChI=1S/C19H16N2O3S2/c1-23-15-7-3-13(4-8-15)11-17-18(22)21(19(25)26-17)20-12-14-5-9-16(24-2)10-6-14/h3-12H,1-2H3/b17-11+,20-12+. The first kappa shape index (κ1) is 18.2. The Morgan fingerprint density at radius 3 is 2.04 bits per heavy atom. The van der Waals surface area contributed by atoms with Crippen molar-refractivity contribution in [3.63, 3.8) is 0 Å². The van der Waals surface area contributed by atoms with Crippen LogP contribution in [0, 0.1) is 0 Å². The van der Waals surface area contributed by atoms with Gasteiger partial charge in [-0.05, 0) is 65.8 Å². The largest absolute Gasteiger partial charge is 0.497 e. The van der Waals surface area contributed by atoms with E-state index in [9.17, 15) is 4.79 Å². The van der Waals surface area contributed by atoms with Crippen molar-refractivity contribution in [1.29, 1.82) is 0 Å². The second-order valence-electron chi connectivity index (χ2n) is 5.28. The van der Waals surface area contributed by atoms with Crippen molar-refractivity contribution < 1.29 is 14.3 Å². The van der Waals surface area contributed by atoms with E-state index in [-0.39, 0.29) is 5.91 Å². The van der Waals surface area contributed by atoms with Crippen LogP contribution in [0.3, 0.4) is 0 Å². The molecule has 7 heteroatoms. The summed E-state index contributed by atoms with van der Waals surface area (Å²) in [4.78, 5) is 13.1. The normalized spacial score (nSPS) is 15.9. The van der Waals surface area contributed by atoms with Crippen LogP contribution in [-0.2, 0) is 4.79 Å². The van der Waals surface area contributed by atoms with Gasteiger partial charge in [0, 0.05) is 0 Å². The Bertz CT molecular complexity index is 875. The smallest absolute Gasteiger partial charge is 0.286 e. The number of rotatable bonds is 5. The van der Waals surface area contributed by atoms with E-state index >= 15 is 0 Å². The fraction of sp³-hybridized carbons (Fsp3) is 0.105. The van der Waals surface area contributed by atoms with E-state index in [2.05, 4.69) is 5.10 Å². The monoisotopic (exact) mass is 384 g/mol. The lowest BCUT2D eigenvalue weighted by Crippen LogP contribution is -2.22. The highest BCUT2D eigenvalue weighted by atomic mass is 32.2. The zero-order valence-electron chi connectivity index (χ0n) is 14.2. The van der Waals surface area contributed by atoms with Gasteiger partial charge in [-0.1, -0.05) is 23.9 Å². The Morgan fingerprint density at radius 1 is 0.962 bits per heavy atom. The third-order valence-corrected chi connectivity index (χ3v) is 4.91. The molecule has 1 amide bonds. The Kier molecular flexibility index (Phi) is 5.70. The first-order chi connectivity index (χ1) is 12.6. The van der Waals surface area contributed by atoms with Gasteiger partial charge in [-0.3, -0.25) is 4.79 Å². The van der Waals surface area contributed by atoms with Crippen LogP contribution in [0.5, 0.6) is 11.5 Å². The van der Waals surface area contributed by atoms with Crippen molar-refractivity contribution in [2.45, 2.75) is 0 Å². The van der Waals surface area contributed by atoms with Crippen LogP contribution < -0.4 is 9.47 Å². The van der Waals surface area contributed by atoms with Crippen LogP contribution in [0.25, 0.3) is 6.08 Å². The number of carbonyl (C=O) groups excluding carboxylic acids is 1. The van der Waals surface area contributed by atoms with Gasteiger partial charge in [0.15, 0.2) is 4.32 Å². The molecule has 1 aliphatic heterocycles.